The molecule has 0 saturated heterocycles. The van der Waals surface area contributed by atoms with Crippen LogP contribution in [0.1, 0.15) is 21.0 Å². The topological polar surface area (TPSA) is 42.0 Å². The number of nitrogens with zero attached hydrogens (tertiary/aromatic N) is 1. The Balaban J connectivity index is 1.83. The van der Waals surface area contributed by atoms with Gasteiger partial charge in [0, 0.05) is 11.1 Å². The third-order valence-electron chi connectivity index (χ3n) is 2.59. The zero-order chi connectivity index (χ0) is 13.0. The van der Waals surface area contributed by atoms with Gasteiger partial charge in [0.25, 0.3) is 0 Å². The van der Waals surface area contributed by atoms with Crippen molar-refractivity contribution in [3.63, 3.8) is 0 Å². The maximum atomic E-state index is 11.7. The standard InChI is InChI=1S/C14H16N2OS/c1-10-3-5-12(6-4-10)7-13(17)15-9-14-16-8-11(2)18-14/h3-6,8H,7,9H2,1-2H3,(H,15,17). The van der Waals surface area contributed by atoms with Crippen LogP contribution in [0.2, 0.25) is 0 Å². The lowest BCUT2D eigenvalue weighted by molar-refractivity contribution is -0.120. The maximum Gasteiger partial charge on any atom is 0.224 e. The van der Waals surface area contributed by atoms with Crippen LogP contribution in [0.3, 0.4) is 0 Å². The van der Waals surface area contributed by atoms with Crippen molar-refractivity contribution in [2.75, 3.05) is 0 Å². The first-order valence-electron chi connectivity index (χ1n) is 5.87. The minimum atomic E-state index is 0.0340. The summed E-state index contributed by atoms with van der Waals surface area (Å²) in [5, 5.41) is 3.83. The first-order chi connectivity index (χ1) is 8.63. The van der Waals surface area contributed by atoms with E-state index in [1.807, 2.05) is 44.3 Å². The lowest BCUT2D eigenvalue weighted by Gasteiger charge is -2.03. The molecule has 1 aromatic heterocycles. The molecule has 2 rings (SSSR count). The third kappa shape index (κ3) is 3.67. The average Bonchev–Trinajstić information content (AvgIpc) is 2.76. The van der Waals surface area contributed by atoms with E-state index < -0.39 is 0 Å². The number of rotatable bonds is 4. The summed E-state index contributed by atoms with van der Waals surface area (Å²) in [6.45, 7) is 4.56. The highest BCUT2D eigenvalue weighted by Crippen LogP contribution is 2.10. The van der Waals surface area contributed by atoms with Crippen molar-refractivity contribution in [2.45, 2.75) is 26.8 Å². The highest BCUT2D eigenvalue weighted by Gasteiger charge is 2.04. The normalized spacial score (nSPS) is 10.3. The molecule has 4 heteroatoms. The van der Waals surface area contributed by atoms with E-state index in [-0.39, 0.29) is 5.91 Å². The molecular weight excluding hydrogens is 244 g/mol. The Kier molecular flexibility index (Phi) is 4.10. The Morgan fingerprint density at radius 1 is 1.28 bits per heavy atom. The van der Waals surface area contributed by atoms with E-state index >= 15 is 0 Å². The molecule has 0 saturated carbocycles. The second-order valence-electron chi connectivity index (χ2n) is 4.30. The molecule has 0 atom stereocenters. The molecule has 0 spiro atoms. The van der Waals surface area contributed by atoms with Crippen molar-refractivity contribution in [2.24, 2.45) is 0 Å². The van der Waals surface area contributed by atoms with Gasteiger partial charge in [0.2, 0.25) is 5.91 Å². The molecule has 1 heterocycles. The van der Waals surface area contributed by atoms with Gasteiger partial charge in [0.05, 0.1) is 13.0 Å². The van der Waals surface area contributed by atoms with Crippen LogP contribution in [0.25, 0.3) is 0 Å². The van der Waals surface area contributed by atoms with E-state index in [9.17, 15) is 4.79 Å². The highest BCUT2D eigenvalue weighted by atomic mass is 32.1. The van der Waals surface area contributed by atoms with Gasteiger partial charge in [-0.15, -0.1) is 11.3 Å². The molecule has 1 N–H and O–H groups in total. The molecule has 2 aromatic rings. The highest BCUT2D eigenvalue weighted by molar-refractivity contribution is 7.11. The zero-order valence-electron chi connectivity index (χ0n) is 10.6. The summed E-state index contributed by atoms with van der Waals surface area (Å²) < 4.78 is 0. The van der Waals surface area contributed by atoms with Gasteiger partial charge in [0.1, 0.15) is 5.01 Å². The summed E-state index contributed by atoms with van der Waals surface area (Å²) in [6, 6.07) is 8.02. The molecule has 1 amide bonds. The number of hydrogen-bond acceptors (Lipinski definition) is 3. The van der Waals surface area contributed by atoms with Crippen LogP contribution >= 0.6 is 11.3 Å². The molecule has 94 valence electrons. The summed E-state index contributed by atoms with van der Waals surface area (Å²) in [4.78, 5) is 17.1. The predicted molar refractivity (Wildman–Crippen MR) is 73.6 cm³/mol. The summed E-state index contributed by atoms with van der Waals surface area (Å²) in [5.74, 6) is 0.0340. The molecule has 0 bridgehead atoms. The summed E-state index contributed by atoms with van der Waals surface area (Å²) in [7, 11) is 0. The largest absolute Gasteiger partial charge is 0.349 e. The Morgan fingerprint density at radius 3 is 2.61 bits per heavy atom. The van der Waals surface area contributed by atoms with Gasteiger partial charge in [-0.25, -0.2) is 4.98 Å². The summed E-state index contributed by atoms with van der Waals surface area (Å²) >= 11 is 1.61. The van der Waals surface area contributed by atoms with Crippen LogP contribution in [0.5, 0.6) is 0 Å². The van der Waals surface area contributed by atoms with Crippen molar-refractivity contribution in [1.29, 1.82) is 0 Å². The third-order valence-corrected chi connectivity index (χ3v) is 3.50. The quantitative estimate of drug-likeness (QED) is 0.918. The van der Waals surface area contributed by atoms with Crippen LogP contribution in [0.4, 0.5) is 0 Å². The number of aromatic nitrogens is 1. The number of benzene rings is 1. The van der Waals surface area contributed by atoms with Gasteiger partial charge in [-0.3, -0.25) is 4.79 Å². The van der Waals surface area contributed by atoms with Gasteiger partial charge < -0.3 is 5.32 Å². The predicted octanol–water partition coefficient (Wildman–Crippen LogP) is 2.62. The van der Waals surface area contributed by atoms with Gasteiger partial charge in [-0.05, 0) is 19.4 Å². The van der Waals surface area contributed by atoms with Crippen molar-refractivity contribution < 1.29 is 4.79 Å². The second-order valence-corrected chi connectivity index (χ2v) is 5.62. The van der Waals surface area contributed by atoms with Crippen LogP contribution in [0, 0.1) is 13.8 Å². The lowest BCUT2D eigenvalue weighted by Crippen LogP contribution is -2.24. The monoisotopic (exact) mass is 260 g/mol. The fourth-order valence-electron chi connectivity index (χ4n) is 1.61. The van der Waals surface area contributed by atoms with Gasteiger partial charge >= 0.3 is 0 Å². The Bertz CT molecular complexity index is 531. The van der Waals surface area contributed by atoms with Crippen LogP contribution < -0.4 is 5.32 Å². The minimum Gasteiger partial charge on any atom is -0.349 e. The van der Waals surface area contributed by atoms with Crippen molar-refractivity contribution in [3.8, 4) is 0 Å². The molecule has 18 heavy (non-hydrogen) atoms. The summed E-state index contributed by atoms with van der Waals surface area (Å²) in [5.41, 5.74) is 2.24. The molecule has 0 unspecified atom stereocenters. The Morgan fingerprint density at radius 2 is 2.00 bits per heavy atom. The van der Waals surface area contributed by atoms with E-state index in [2.05, 4.69) is 10.3 Å². The average molecular weight is 260 g/mol. The van der Waals surface area contributed by atoms with E-state index in [4.69, 9.17) is 0 Å². The van der Waals surface area contributed by atoms with Crippen LogP contribution in [-0.2, 0) is 17.8 Å². The van der Waals surface area contributed by atoms with Crippen molar-refractivity contribution in [3.05, 3.63) is 51.5 Å². The molecule has 0 aliphatic heterocycles. The number of amides is 1. The number of thiazole rings is 1. The lowest BCUT2D eigenvalue weighted by atomic mass is 10.1. The molecule has 1 aromatic carbocycles. The number of aryl methyl sites for hydroxylation is 2. The molecule has 0 aliphatic carbocycles. The van der Waals surface area contributed by atoms with E-state index in [1.54, 1.807) is 11.3 Å². The second kappa shape index (κ2) is 5.78. The Labute approximate surface area is 111 Å². The zero-order valence-corrected chi connectivity index (χ0v) is 11.4. The summed E-state index contributed by atoms with van der Waals surface area (Å²) in [6.07, 6.45) is 2.25. The van der Waals surface area contributed by atoms with E-state index in [0.717, 1.165) is 15.4 Å². The smallest absolute Gasteiger partial charge is 0.224 e. The molecule has 0 aliphatic rings. The SMILES string of the molecule is Cc1ccc(CC(=O)NCc2ncc(C)s2)cc1. The first-order valence-corrected chi connectivity index (χ1v) is 6.68. The van der Waals surface area contributed by atoms with Crippen molar-refractivity contribution >= 4 is 17.2 Å². The number of carbonyl (C=O) groups is 1. The maximum absolute atomic E-state index is 11.7. The van der Waals surface area contributed by atoms with E-state index in [1.165, 1.54) is 5.56 Å². The molecule has 0 fully saturated rings. The molecular formula is C14H16N2OS. The number of carbonyl (C=O) groups excluding carboxylic acids is 1. The number of hydrogen-bond donors (Lipinski definition) is 1. The van der Waals surface area contributed by atoms with Crippen molar-refractivity contribution in [1.82, 2.24) is 10.3 Å². The fourth-order valence-corrected chi connectivity index (χ4v) is 2.34. The first kappa shape index (κ1) is 12.8. The van der Waals surface area contributed by atoms with E-state index in [0.29, 0.717) is 13.0 Å². The minimum absolute atomic E-state index is 0.0340. The molecule has 3 nitrogen and oxygen atoms in total. The fraction of sp³-hybridized carbons (Fsp3) is 0.286. The van der Waals surface area contributed by atoms with Gasteiger partial charge in [-0.1, -0.05) is 29.8 Å². The van der Waals surface area contributed by atoms with Crippen LogP contribution in [-0.4, -0.2) is 10.9 Å². The Hall–Kier alpha value is -1.68. The van der Waals surface area contributed by atoms with Crippen LogP contribution in [0.15, 0.2) is 30.5 Å². The molecule has 0 radical (unpaired) electrons. The van der Waals surface area contributed by atoms with Gasteiger partial charge in [0.15, 0.2) is 0 Å². The number of nitrogens with one attached hydrogen (secondary N) is 1. The van der Waals surface area contributed by atoms with Gasteiger partial charge in [-0.2, -0.15) is 0 Å².